The Morgan fingerprint density at radius 1 is 1.05 bits per heavy atom. The van der Waals surface area contributed by atoms with Crippen LogP contribution in [0.1, 0.15) is 12.0 Å². The average Bonchev–Trinajstić information content (AvgIpc) is 2.46. The molecule has 0 fully saturated rings. The number of aryl methyl sites for hydroxylation is 1. The van der Waals surface area contributed by atoms with E-state index in [1.807, 2.05) is 30.3 Å². The van der Waals surface area contributed by atoms with E-state index in [1.54, 1.807) is 18.2 Å². The summed E-state index contributed by atoms with van der Waals surface area (Å²) >= 11 is 2.13. The number of benzene rings is 2. The van der Waals surface area contributed by atoms with Gasteiger partial charge in [0.05, 0.1) is 10.6 Å². The van der Waals surface area contributed by atoms with Crippen molar-refractivity contribution >= 4 is 38.3 Å². The molecule has 0 saturated carbocycles. The maximum absolute atomic E-state index is 12.8. The van der Waals surface area contributed by atoms with Crippen molar-refractivity contribution < 1.29 is 8.42 Å². The van der Waals surface area contributed by atoms with Crippen LogP contribution in [0.2, 0.25) is 0 Å². The van der Waals surface area contributed by atoms with Crippen molar-refractivity contribution in [3.63, 3.8) is 0 Å². The highest BCUT2D eigenvalue weighted by Gasteiger charge is 2.28. The highest BCUT2D eigenvalue weighted by atomic mass is 127. The molecule has 3 nitrogen and oxygen atoms in total. The fourth-order valence-electron chi connectivity index (χ4n) is 2.50. The first-order chi connectivity index (χ1) is 9.59. The molecule has 1 aliphatic heterocycles. The van der Waals surface area contributed by atoms with Crippen molar-refractivity contribution in [2.75, 3.05) is 10.8 Å². The third kappa shape index (κ3) is 2.44. The van der Waals surface area contributed by atoms with Gasteiger partial charge in [-0.25, -0.2) is 8.42 Å². The molecular formula is C15H14INO2S. The summed E-state index contributed by atoms with van der Waals surface area (Å²) < 4.78 is 28.1. The summed E-state index contributed by atoms with van der Waals surface area (Å²) in [6.45, 7) is 0.546. The van der Waals surface area contributed by atoms with Gasteiger partial charge in [-0.05, 0) is 65.3 Å². The van der Waals surface area contributed by atoms with Crippen molar-refractivity contribution in [3.8, 4) is 0 Å². The number of anilines is 1. The number of para-hydroxylation sites is 1. The van der Waals surface area contributed by atoms with E-state index < -0.39 is 10.0 Å². The van der Waals surface area contributed by atoms with Crippen LogP contribution in [0.3, 0.4) is 0 Å². The van der Waals surface area contributed by atoms with E-state index in [1.165, 1.54) is 4.31 Å². The fraction of sp³-hybridized carbons (Fsp3) is 0.200. The number of sulfonamides is 1. The smallest absolute Gasteiger partial charge is 0.264 e. The Morgan fingerprint density at radius 2 is 1.85 bits per heavy atom. The van der Waals surface area contributed by atoms with Gasteiger partial charge >= 0.3 is 0 Å². The van der Waals surface area contributed by atoms with Crippen LogP contribution in [-0.4, -0.2) is 15.0 Å². The van der Waals surface area contributed by atoms with Crippen LogP contribution in [0, 0.1) is 3.57 Å². The molecule has 0 amide bonds. The number of hydrogen-bond acceptors (Lipinski definition) is 2. The van der Waals surface area contributed by atoms with E-state index in [2.05, 4.69) is 22.6 Å². The second-order valence-corrected chi connectivity index (χ2v) is 7.87. The van der Waals surface area contributed by atoms with Crippen molar-refractivity contribution in [3.05, 3.63) is 57.7 Å². The van der Waals surface area contributed by atoms with Crippen molar-refractivity contribution in [1.29, 1.82) is 0 Å². The first-order valence-corrected chi connectivity index (χ1v) is 8.97. The molecule has 0 bridgehead atoms. The molecule has 104 valence electrons. The Kier molecular flexibility index (Phi) is 3.72. The van der Waals surface area contributed by atoms with Gasteiger partial charge in [-0.3, -0.25) is 4.31 Å². The zero-order valence-electron chi connectivity index (χ0n) is 10.8. The standard InChI is InChI=1S/C15H14INO2S/c16-13-7-3-8-14(11-13)20(18,19)17-10-4-6-12-5-1-2-9-15(12)17/h1-3,5,7-9,11H,4,6,10H2. The largest absolute Gasteiger partial charge is 0.266 e. The molecule has 0 spiro atoms. The highest BCUT2D eigenvalue weighted by molar-refractivity contribution is 14.1. The molecule has 0 aliphatic carbocycles. The van der Waals surface area contributed by atoms with Crippen LogP contribution < -0.4 is 4.31 Å². The van der Waals surface area contributed by atoms with Crippen LogP contribution in [0.4, 0.5) is 5.69 Å². The molecular weight excluding hydrogens is 385 g/mol. The highest BCUT2D eigenvalue weighted by Crippen LogP contribution is 2.31. The molecule has 0 saturated heterocycles. The Balaban J connectivity index is 2.10. The molecule has 5 heteroatoms. The molecule has 0 radical (unpaired) electrons. The Bertz CT molecular complexity index is 743. The molecule has 3 rings (SSSR count). The van der Waals surface area contributed by atoms with Gasteiger partial charge in [-0.1, -0.05) is 24.3 Å². The van der Waals surface area contributed by atoms with Gasteiger partial charge in [0.2, 0.25) is 0 Å². The van der Waals surface area contributed by atoms with E-state index in [9.17, 15) is 8.42 Å². The minimum atomic E-state index is -3.47. The lowest BCUT2D eigenvalue weighted by Gasteiger charge is -2.30. The average molecular weight is 399 g/mol. The number of rotatable bonds is 2. The number of hydrogen-bond donors (Lipinski definition) is 0. The summed E-state index contributed by atoms with van der Waals surface area (Å²) in [5, 5.41) is 0. The molecule has 1 heterocycles. The van der Waals surface area contributed by atoms with Crippen molar-refractivity contribution in [1.82, 2.24) is 0 Å². The van der Waals surface area contributed by atoms with Gasteiger partial charge in [0.15, 0.2) is 0 Å². The number of fused-ring (bicyclic) bond motifs is 1. The van der Waals surface area contributed by atoms with Gasteiger partial charge < -0.3 is 0 Å². The molecule has 0 atom stereocenters. The van der Waals surface area contributed by atoms with Crippen molar-refractivity contribution in [2.24, 2.45) is 0 Å². The topological polar surface area (TPSA) is 37.4 Å². The third-order valence-electron chi connectivity index (χ3n) is 3.45. The molecule has 2 aromatic rings. The summed E-state index contributed by atoms with van der Waals surface area (Å²) in [6.07, 6.45) is 1.80. The maximum atomic E-state index is 12.8. The lowest BCUT2D eigenvalue weighted by Crippen LogP contribution is -2.35. The van der Waals surface area contributed by atoms with E-state index in [0.717, 1.165) is 27.7 Å². The summed E-state index contributed by atoms with van der Waals surface area (Å²) in [6, 6.07) is 14.8. The number of halogens is 1. The molecule has 20 heavy (non-hydrogen) atoms. The Labute approximate surface area is 132 Å². The van der Waals surface area contributed by atoms with E-state index in [4.69, 9.17) is 0 Å². The SMILES string of the molecule is O=S(=O)(c1cccc(I)c1)N1CCCc2ccccc21. The lowest BCUT2D eigenvalue weighted by atomic mass is 10.0. The van der Waals surface area contributed by atoms with E-state index in [0.29, 0.717) is 11.4 Å². The minimum Gasteiger partial charge on any atom is -0.266 e. The molecule has 2 aromatic carbocycles. The normalized spacial score (nSPS) is 14.9. The van der Waals surface area contributed by atoms with Crippen molar-refractivity contribution in [2.45, 2.75) is 17.7 Å². The summed E-state index contributed by atoms with van der Waals surface area (Å²) in [4.78, 5) is 0.362. The van der Waals surface area contributed by atoms with E-state index in [-0.39, 0.29) is 0 Å². The van der Waals surface area contributed by atoms with Crippen LogP contribution >= 0.6 is 22.6 Å². The summed E-state index contributed by atoms with van der Waals surface area (Å²) in [5.41, 5.74) is 1.92. The molecule has 0 unspecified atom stereocenters. The first-order valence-electron chi connectivity index (χ1n) is 6.45. The number of nitrogens with zero attached hydrogens (tertiary/aromatic N) is 1. The van der Waals surface area contributed by atoms with Gasteiger partial charge in [-0.2, -0.15) is 0 Å². The third-order valence-corrected chi connectivity index (χ3v) is 5.93. The fourth-order valence-corrected chi connectivity index (χ4v) is 4.85. The van der Waals surface area contributed by atoms with Gasteiger partial charge in [0, 0.05) is 10.1 Å². The first kappa shape index (κ1) is 13.9. The second kappa shape index (κ2) is 5.37. The minimum absolute atomic E-state index is 0.362. The molecule has 0 aromatic heterocycles. The second-order valence-electron chi connectivity index (χ2n) is 4.77. The molecule has 1 aliphatic rings. The zero-order chi connectivity index (χ0) is 14.2. The van der Waals surface area contributed by atoms with Gasteiger partial charge in [0.25, 0.3) is 10.0 Å². The summed E-state index contributed by atoms with van der Waals surface area (Å²) in [7, 11) is -3.47. The quantitative estimate of drug-likeness (QED) is 0.726. The van der Waals surface area contributed by atoms with Gasteiger partial charge in [0.1, 0.15) is 0 Å². The Morgan fingerprint density at radius 3 is 2.65 bits per heavy atom. The van der Waals surface area contributed by atoms with Crippen LogP contribution in [-0.2, 0) is 16.4 Å². The zero-order valence-corrected chi connectivity index (χ0v) is 13.8. The van der Waals surface area contributed by atoms with Crippen LogP contribution in [0.5, 0.6) is 0 Å². The lowest BCUT2D eigenvalue weighted by molar-refractivity contribution is 0.586. The van der Waals surface area contributed by atoms with Crippen LogP contribution in [0.15, 0.2) is 53.4 Å². The summed E-state index contributed by atoms with van der Waals surface area (Å²) in [5.74, 6) is 0. The van der Waals surface area contributed by atoms with Crippen LogP contribution in [0.25, 0.3) is 0 Å². The molecule has 0 N–H and O–H groups in total. The predicted octanol–water partition coefficient (Wildman–Crippen LogP) is 3.43. The predicted molar refractivity (Wildman–Crippen MR) is 88.5 cm³/mol. The maximum Gasteiger partial charge on any atom is 0.264 e. The monoisotopic (exact) mass is 399 g/mol. The Hall–Kier alpha value is -1.08. The van der Waals surface area contributed by atoms with E-state index >= 15 is 0 Å². The van der Waals surface area contributed by atoms with Gasteiger partial charge in [-0.15, -0.1) is 0 Å².